The summed E-state index contributed by atoms with van der Waals surface area (Å²) in [5, 5.41) is 3.49. The first kappa shape index (κ1) is 13.8. The van der Waals surface area contributed by atoms with Crippen LogP contribution >= 0.6 is 0 Å². The number of amides is 1. The van der Waals surface area contributed by atoms with Crippen molar-refractivity contribution >= 4 is 5.91 Å². The summed E-state index contributed by atoms with van der Waals surface area (Å²) < 4.78 is 5.60. The molecule has 2 fully saturated rings. The van der Waals surface area contributed by atoms with Crippen LogP contribution in [0.5, 0.6) is 0 Å². The number of hydrogen-bond donors (Lipinski definition) is 1. The quantitative estimate of drug-likeness (QED) is 0.831. The second-order valence-corrected chi connectivity index (χ2v) is 5.84. The molecule has 2 aliphatic rings. The van der Waals surface area contributed by atoms with Crippen molar-refractivity contribution in [2.45, 2.75) is 64.8 Å². The Hall–Kier alpha value is -0.610. The Labute approximate surface area is 110 Å². The van der Waals surface area contributed by atoms with Crippen molar-refractivity contribution in [2.75, 3.05) is 13.2 Å². The molecule has 0 aliphatic carbocycles. The molecule has 0 spiro atoms. The molecule has 2 heterocycles. The minimum atomic E-state index is -0.372. The zero-order valence-corrected chi connectivity index (χ0v) is 12.0. The van der Waals surface area contributed by atoms with Gasteiger partial charge < -0.3 is 9.64 Å². The number of hydrogen-bond acceptors (Lipinski definition) is 3. The molecule has 4 unspecified atom stereocenters. The van der Waals surface area contributed by atoms with Gasteiger partial charge in [0, 0.05) is 19.1 Å². The van der Waals surface area contributed by atoms with Gasteiger partial charge in [0.25, 0.3) is 0 Å². The lowest BCUT2D eigenvalue weighted by atomic mass is 9.98. The Bertz CT molecular complexity index is 321. The molecule has 4 heteroatoms. The maximum Gasteiger partial charge on any atom is 0.243 e. The van der Waals surface area contributed by atoms with Crippen LogP contribution in [0.4, 0.5) is 0 Å². The summed E-state index contributed by atoms with van der Waals surface area (Å²) in [4.78, 5) is 14.6. The van der Waals surface area contributed by atoms with Gasteiger partial charge in [-0.15, -0.1) is 0 Å². The fourth-order valence-electron chi connectivity index (χ4n) is 3.02. The lowest BCUT2D eigenvalue weighted by Gasteiger charge is -2.27. The molecular formula is C14H26N2O2. The van der Waals surface area contributed by atoms with Crippen LogP contribution in [0.1, 0.15) is 47.0 Å². The molecule has 0 bridgehead atoms. The number of carbonyl (C=O) groups excluding carboxylic acids is 1. The second-order valence-electron chi connectivity index (χ2n) is 5.84. The fraction of sp³-hybridized carbons (Fsp3) is 0.929. The summed E-state index contributed by atoms with van der Waals surface area (Å²) in [5.74, 6) is 0.750. The standard InChI is InChI=1S/C14H26N2O2/c1-5-12-15-14(4,6-2)13(17)16(12)9-11-7-8-18-10(11)3/h10-12,15H,5-9H2,1-4H3. The Morgan fingerprint density at radius 2 is 2.22 bits per heavy atom. The van der Waals surface area contributed by atoms with E-state index in [0.717, 1.165) is 32.4 Å². The number of rotatable bonds is 4. The Morgan fingerprint density at radius 3 is 2.72 bits per heavy atom. The van der Waals surface area contributed by atoms with Crippen LogP contribution in [0.15, 0.2) is 0 Å². The van der Waals surface area contributed by atoms with Crippen molar-refractivity contribution in [1.82, 2.24) is 10.2 Å². The highest BCUT2D eigenvalue weighted by Crippen LogP contribution is 2.29. The Morgan fingerprint density at radius 1 is 1.50 bits per heavy atom. The largest absolute Gasteiger partial charge is 0.378 e. The Balaban J connectivity index is 2.08. The normalized spacial score (nSPS) is 40.8. The summed E-state index contributed by atoms with van der Waals surface area (Å²) in [5.41, 5.74) is -0.372. The maximum absolute atomic E-state index is 12.5. The van der Waals surface area contributed by atoms with Gasteiger partial charge in [-0.05, 0) is 33.1 Å². The molecule has 1 amide bonds. The molecule has 4 atom stereocenters. The van der Waals surface area contributed by atoms with Crippen LogP contribution in [0.25, 0.3) is 0 Å². The average molecular weight is 254 g/mol. The van der Waals surface area contributed by atoms with Crippen LogP contribution in [0, 0.1) is 5.92 Å². The molecule has 4 nitrogen and oxygen atoms in total. The highest BCUT2D eigenvalue weighted by atomic mass is 16.5. The van der Waals surface area contributed by atoms with Crippen molar-refractivity contribution in [3.8, 4) is 0 Å². The number of nitrogens with zero attached hydrogens (tertiary/aromatic N) is 1. The van der Waals surface area contributed by atoms with E-state index in [9.17, 15) is 4.79 Å². The van der Waals surface area contributed by atoms with Gasteiger partial charge in [-0.25, -0.2) is 0 Å². The molecule has 0 saturated carbocycles. The molecule has 1 N–H and O–H groups in total. The highest BCUT2D eigenvalue weighted by Gasteiger charge is 2.46. The molecule has 2 rings (SSSR count). The summed E-state index contributed by atoms with van der Waals surface area (Å²) >= 11 is 0. The second kappa shape index (κ2) is 5.17. The van der Waals surface area contributed by atoms with Crippen molar-refractivity contribution in [2.24, 2.45) is 5.92 Å². The van der Waals surface area contributed by atoms with E-state index in [2.05, 4.69) is 26.1 Å². The van der Waals surface area contributed by atoms with E-state index in [1.807, 2.05) is 11.8 Å². The lowest BCUT2D eigenvalue weighted by molar-refractivity contribution is -0.133. The van der Waals surface area contributed by atoms with Gasteiger partial charge in [-0.1, -0.05) is 13.8 Å². The van der Waals surface area contributed by atoms with Crippen LogP contribution in [-0.4, -0.2) is 41.8 Å². The summed E-state index contributed by atoms with van der Waals surface area (Å²) in [7, 11) is 0. The molecule has 104 valence electrons. The van der Waals surface area contributed by atoms with Gasteiger partial charge in [0.2, 0.25) is 5.91 Å². The van der Waals surface area contributed by atoms with Crippen LogP contribution < -0.4 is 5.32 Å². The predicted octanol–water partition coefficient (Wildman–Crippen LogP) is 1.75. The first-order valence-corrected chi connectivity index (χ1v) is 7.22. The topological polar surface area (TPSA) is 41.6 Å². The minimum Gasteiger partial charge on any atom is -0.378 e. The van der Waals surface area contributed by atoms with Gasteiger partial charge in [-0.2, -0.15) is 0 Å². The first-order valence-electron chi connectivity index (χ1n) is 7.22. The third-order valence-electron chi connectivity index (χ3n) is 4.65. The number of ether oxygens (including phenoxy) is 1. The molecule has 0 aromatic heterocycles. The molecule has 18 heavy (non-hydrogen) atoms. The monoisotopic (exact) mass is 254 g/mol. The predicted molar refractivity (Wildman–Crippen MR) is 71.1 cm³/mol. The van der Waals surface area contributed by atoms with Crippen LogP contribution in [0.2, 0.25) is 0 Å². The third-order valence-corrected chi connectivity index (χ3v) is 4.65. The lowest BCUT2D eigenvalue weighted by Crippen LogP contribution is -2.43. The minimum absolute atomic E-state index is 0.190. The Kier molecular flexibility index (Phi) is 3.97. The van der Waals surface area contributed by atoms with Gasteiger partial charge in [-0.3, -0.25) is 10.1 Å². The van der Waals surface area contributed by atoms with Gasteiger partial charge in [0.15, 0.2) is 0 Å². The van der Waals surface area contributed by atoms with E-state index in [1.165, 1.54) is 0 Å². The van der Waals surface area contributed by atoms with Crippen LogP contribution in [0.3, 0.4) is 0 Å². The van der Waals surface area contributed by atoms with Crippen molar-refractivity contribution < 1.29 is 9.53 Å². The van der Waals surface area contributed by atoms with Gasteiger partial charge in [0.1, 0.15) is 0 Å². The van der Waals surface area contributed by atoms with E-state index in [1.54, 1.807) is 0 Å². The smallest absolute Gasteiger partial charge is 0.243 e. The molecule has 2 aliphatic heterocycles. The average Bonchev–Trinajstić information content (AvgIpc) is 2.87. The number of nitrogens with one attached hydrogen (secondary N) is 1. The zero-order valence-electron chi connectivity index (χ0n) is 12.0. The fourth-order valence-corrected chi connectivity index (χ4v) is 3.02. The maximum atomic E-state index is 12.5. The summed E-state index contributed by atoms with van der Waals surface area (Å²) in [6.45, 7) is 10.0. The van der Waals surface area contributed by atoms with E-state index in [-0.39, 0.29) is 23.7 Å². The van der Waals surface area contributed by atoms with Gasteiger partial charge >= 0.3 is 0 Å². The third kappa shape index (κ3) is 2.28. The summed E-state index contributed by atoms with van der Waals surface area (Å²) in [6.07, 6.45) is 3.35. The molecule has 0 radical (unpaired) electrons. The van der Waals surface area contributed by atoms with Crippen molar-refractivity contribution in [1.29, 1.82) is 0 Å². The molecular weight excluding hydrogens is 228 g/mol. The molecule has 0 aromatic carbocycles. The van der Waals surface area contributed by atoms with Crippen LogP contribution in [-0.2, 0) is 9.53 Å². The zero-order chi connectivity index (χ0) is 13.3. The summed E-state index contributed by atoms with van der Waals surface area (Å²) in [6, 6.07) is 0. The van der Waals surface area contributed by atoms with E-state index < -0.39 is 0 Å². The van der Waals surface area contributed by atoms with E-state index in [4.69, 9.17) is 4.74 Å². The first-order chi connectivity index (χ1) is 8.51. The molecule has 0 aromatic rings. The SMILES string of the molecule is CCC1NC(C)(CC)C(=O)N1CC1CCOC1C. The van der Waals surface area contributed by atoms with Gasteiger partial charge in [0.05, 0.1) is 17.8 Å². The molecule has 2 saturated heterocycles. The van der Waals surface area contributed by atoms with E-state index in [0.29, 0.717) is 5.92 Å². The van der Waals surface area contributed by atoms with Crippen molar-refractivity contribution in [3.63, 3.8) is 0 Å². The van der Waals surface area contributed by atoms with E-state index >= 15 is 0 Å². The number of carbonyl (C=O) groups is 1. The van der Waals surface area contributed by atoms with Crippen molar-refractivity contribution in [3.05, 3.63) is 0 Å². The highest BCUT2D eigenvalue weighted by molar-refractivity contribution is 5.88.